The molecule has 0 radical (unpaired) electrons. The fourth-order valence-corrected chi connectivity index (χ4v) is 10.9. The Kier molecular flexibility index (Phi) is 19.6. The zero-order valence-electron chi connectivity index (χ0n) is 37.3. The molecule has 64 heavy (non-hydrogen) atoms. The van der Waals surface area contributed by atoms with E-state index < -0.39 is 91.8 Å². The number of ether oxygens (including phenoxy) is 9. The van der Waals surface area contributed by atoms with Crippen LogP contribution in [0.5, 0.6) is 0 Å². The van der Waals surface area contributed by atoms with Gasteiger partial charge in [-0.2, -0.15) is 4.98 Å². The van der Waals surface area contributed by atoms with Crippen LogP contribution in [0.1, 0.15) is 61.8 Å². The molecule has 0 spiro atoms. The third-order valence-electron chi connectivity index (χ3n) is 9.85. The summed E-state index contributed by atoms with van der Waals surface area (Å²) in [4.78, 5) is 71.3. The van der Waals surface area contributed by atoms with Gasteiger partial charge in [-0.1, -0.05) is 0 Å². The van der Waals surface area contributed by atoms with Crippen molar-refractivity contribution in [2.75, 3.05) is 71.8 Å². The summed E-state index contributed by atoms with van der Waals surface area (Å²) in [7, 11) is -4.31. The first-order chi connectivity index (χ1) is 30.3. The van der Waals surface area contributed by atoms with Crippen LogP contribution in [0.2, 0.25) is 0 Å². The van der Waals surface area contributed by atoms with Crippen molar-refractivity contribution in [3.63, 3.8) is 0 Å². The monoisotopic (exact) mass is 935 g/mol. The van der Waals surface area contributed by atoms with Crippen molar-refractivity contribution in [3.05, 3.63) is 16.7 Å². The highest BCUT2D eigenvalue weighted by Gasteiger charge is 2.64. The number of carbonyl (C=O) groups is 4. The Hall–Kier alpha value is -4.14. The molecule has 2 aliphatic heterocycles. The molecule has 0 saturated carbocycles. The van der Waals surface area contributed by atoms with Crippen molar-refractivity contribution in [1.82, 2.24) is 29.5 Å². The Morgan fingerprint density at radius 3 is 2.05 bits per heavy atom. The molecule has 1 unspecified atom stereocenters. The number of hydrogen-bond donors (Lipinski definition) is 5. The van der Waals surface area contributed by atoms with Gasteiger partial charge in [-0.15, -0.1) is 0 Å². The predicted molar refractivity (Wildman–Crippen MR) is 221 cm³/mol. The van der Waals surface area contributed by atoms with Crippen molar-refractivity contribution in [2.24, 2.45) is 0 Å². The van der Waals surface area contributed by atoms with Gasteiger partial charge in [-0.3, -0.25) is 38.1 Å². The molecule has 0 bridgehead atoms. The Labute approximate surface area is 369 Å². The molecule has 9 atom stereocenters. The van der Waals surface area contributed by atoms with E-state index >= 15 is 4.57 Å². The Balaban J connectivity index is 1.30. The van der Waals surface area contributed by atoms with E-state index in [4.69, 9.17) is 52.9 Å². The molecule has 0 aromatic carbocycles. The molecule has 362 valence electrons. The molecule has 2 saturated heterocycles. The average Bonchev–Trinajstić information content (AvgIpc) is 3.78. The third kappa shape index (κ3) is 13.0. The van der Waals surface area contributed by atoms with E-state index in [0.717, 1.165) is 13.8 Å². The lowest BCUT2D eigenvalue weighted by Gasteiger charge is -2.46. The number of aliphatic hydroxyl groups excluding tert-OH is 2. The Morgan fingerprint density at radius 1 is 0.938 bits per heavy atom. The molecule has 2 aromatic rings. The summed E-state index contributed by atoms with van der Waals surface area (Å²) in [6, 6.07) is -1.89. The van der Waals surface area contributed by atoms with Crippen molar-refractivity contribution >= 4 is 48.4 Å². The van der Waals surface area contributed by atoms with Crippen LogP contribution in [-0.2, 0) is 76.4 Å². The van der Waals surface area contributed by atoms with Gasteiger partial charge in [0.05, 0.1) is 65.6 Å². The number of nitrogen functional groups attached to an aromatic ring is 1. The van der Waals surface area contributed by atoms with Crippen molar-refractivity contribution < 1.29 is 81.1 Å². The molecule has 4 rings (SSSR count). The van der Waals surface area contributed by atoms with Gasteiger partial charge < -0.3 is 68.4 Å². The van der Waals surface area contributed by atoms with Crippen molar-refractivity contribution in [2.45, 2.75) is 122 Å². The van der Waals surface area contributed by atoms with E-state index in [-0.39, 0.29) is 95.1 Å². The Morgan fingerprint density at radius 2 is 1.52 bits per heavy atom. The second kappa shape index (κ2) is 23.9. The molecular weight excluding hydrogens is 873 g/mol. The van der Waals surface area contributed by atoms with Crippen LogP contribution in [0.25, 0.3) is 11.2 Å². The number of carbonyl (C=O) groups excluding carboxylic acids is 4. The van der Waals surface area contributed by atoms with Crippen LogP contribution >= 0.6 is 7.52 Å². The van der Waals surface area contributed by atoms with Crippen molar-refractivity contribution in [3.8, 4) is 0 Å². The minimum absolute atomic E-state index is 0.0345. The molecule has 0 aliphatic carbocycles. The minimum atomic E-state index is -4.31. The molecule has 2 fully saturated rings. The second-order valence-electron chi connectivity index (χ2n) is 15.4. The number of aromatic nitrogens is 4. The number of anilines is 1. The number of hydrogen-bond acceptors (Lipinski definition) is 21. The number of nitrogens with one attached hydrogen (secondary N) is 2. The third-order valence-corrected chi connectivity index (χ3v) is 13.3. The maximum atomic E-state index is 15.6. The predicted octanol–water partition coefficient (Wildman–Crippen LogP) is -0.495. The fraction of sp³-hybridized carbons (Fsp3) is 0.763. The van der Waals surface area contributed by atoms with Crippen LogP contribution in [0.4, 0.5) is 5.95 Å². The summed E-state index contributed by atoms with van der Waals surface area (Å²) in [6.07, 6.45) is -6.39. The summed E-state index contributed by atoms with van der Waals surface area (Å²) < 4.78 is 75.8. The van der Waals surface area contributed by atoms with Crippen LogP contribution < -0.4 is 16.6 Å². The number of fused-ring (bicyclic) bond motifs is 1. The van der Waals surface area contributed by atoms with Gasteiger partial charge >= 0.3 is 25.4 Å². The van der Waals surface area contributed by atoms with Gasteiger partial charge in [0.2, 0.25) is 17.3 Å². The molecule has 26 heteroatoms. The van der Waals surface area contributed by atoms with E-state index in [1.807, 2.05) is 27.7 Å². The number of nitrogens with zero attached hydrogens (tertiary/aromatic N) is 4. The van der Waals surface area contributed by atoms with Gasteiger partial charge in [-0.05, 0) is 27.7 Å². The van der Waals surface area contributed by atoms with Gasteiger partial charge in [0, 0.05) is 46.2 Å². The number of aliphatic hydroxyl groups is 2. The number of rotatable bonds is 25. The SMILES string of the molecule is CC(=O)N[C@H]1[C@H](OCCOCCOCCOCCOP(=O)(N(C(C)C)C(C)C)[C@]2(n3cnc4c(=O)[nH]c(N)nc43)C[C@H](O)[C@@H](CO)O2)O[C@H](COC(C)=O)[C@H](OC(C)=O)[C@@H]1OC(C)=O. The minimum Gasteiger partial charge on any atom is -0.463 e. The topological polar surface area (TPSA) is 323 Å². The number of amides is 1. The first kappa shape index (κ1) is 52.5. The lowest BCUT2D eigenvalue weighted by atomic mass is 9.96. The van der Waals surface area contributed by atoms with Crippen LogP contribution in [-0.4, -0.2) is 179 Å². The van der Waals surface area contributed by atoms with Crippen LogP contribution in [0, 0.1) is 0 Å². The summed E-state index contributed by atoms with van der Waals surface area (Å²) in [5.41, 5.74) is 3.06. The van der Waals surface area contributed by atoms with Gasteiger partial charge in [0.25, 0.3) is 5.56 Å². The lowest BCUT2D eigenvalue weighted by molar-refractivity contribution is -0.279. The number of aromatic amines is 1. The fourth-order valence-electron chi connectivity index (χ4n) is 7.56. The van der Waals surface area contributed by atoms with Gasteiger partial charge in [-0.25, -0.2) is 9.65 Å². The van der Waals surface area contributed by atoms with Gasteiger partial charge in [0.15, 0.2) is 29.7 Å². The van der Waals surface area contributed by atoms with E-state index in [0.29, 0.717) is 0 Å². The maximum absolute atomic E-state index is 15.6. The molecule has 2 aliphatic rings. The molecular formula is C38H62N7O18P. The van der Waals surface area contributed by atoms with Gasteiger partial charge in [0.1, 0.15) is 31.2 Å². The Bertz CT molecular complexity index is 1980. The summed E-state index contributed by atoms with van der Waals surface area (Å²) in [5, 5.41) is 23.8. The molecule has 25 nitrogen and oxygen atoms in total. The highest BCUT2D eigenvalue weighted by atomic mass is 31.2. The molecule has 1 amide bonds. The quantitative estimate of drug-likeness (QED) is 0.0363. The van der Waals surface area contributed by atoms with E-state index in [9.17, 15) is 34.2 Å². The second-order valence-corrected chi connectivity index (χ2v) is 17.9. The number of esters is 3. The molecule has 4 heterocycles. The number of nitrogens with two attached hydrogens (primary N) is 1. The van der Waals surface area contributed by atoms with Crippen LogP contribution in [0.15, 0.2) is 11.1 Å². The molecule has 6 N–H and O–H groups in total. The zero-order chi connectivity index (χ0) is 47.4. The standard InChI is InChI=1S/C38H62N7O18P/c1-21(2)45(22(3)4)64(53,38(17-27(51)28(18-46)63-38)44-20-40-31-34(44)42-37(39)43-35(31)52)59-16-14-56-12-10-54-9-11-55-13-15-57-36-30(41-23(5)47)33(61-26(8)50)32(60-25(7)49)29(62-36)19-58-24(6)48/h20-22,27-30,32-33,36,46,51H,9-19H2,1-8H3,(H,41,47)(H3,39,42,43,52)/t27-,28+,29+,30+,32-,33+,36+,38-,64?/m0/s1. The lowest BCUT2D eigenvalue weighted by Crippen LogP contribution is -2.66. The average molecular weight is 936 g/mol. The first-order valence-electron chi connectivity index (χ1n) is 20.7. The van der Waals surface area contributed by atoms with Crippen molar-refractivity contribution in [1.29, 1.82) is 0 Å². The van der Waals surface area contributed by atoms with E-state index in [1.165, 1.54) is 24.7 Å². The summed E-state index contributed by atoms with van der Waals surface area (Å²) >= 11 is 0. The first-order valence-corrected chi connectivity index (χ1v) is 22.3. The summed E-state index contributed by atoms with van der Waals surface area (Å²) in [5.74, 6) is -2.84. The number of imidazole rings is 1. The maximum Gasteiger partial charge on any atom is 0.325 e. The zero-order valence-corrected chi connectivity index (χ0v) is 38.2. The van der Waals surface area contributed by atoms with E-state index in [1.54, 1.807) is 4.67 Å². The summed E-state index contributed by atoms with van der Waals surface area (Å²) in [6.45, 7) is 11.3. The number of H-pyrrole nitrogens is 1. The highest BCUT2D eigenvalue weighted by Crippen LogP contribution is 2.70. The van der Waals surface area contributed by atoms with Crippen LogP contribution in [0.3, 0.4) is 0 Å². The smallest absolute Gasteiger partial charge is 0.325 e. The largest absolute Gasteiger partial charge is 0.463 e. The highest BCUT2D eigenvalue weighted by molar-refractivity contribution is 7.57. The van der Waals surface area contributed by atoms with E-state index in [2.05, 4.69) is 20.3 Å². The molecule has 2 aromatic heterocycles. The normalized spacial score (nSPS) is 25.7.